The van der Waals surface area contributed by atoms with E-state index in [1.54, 1.807) is 11.1 Å². The third-order valence-corrected chi connectivity index (χ3v) is 5.50. The maximum atomic E-state index is 12.9. The van der Waals surface area contributed by atoms with E-state index in [0.29, 0.717) is 24.7 Å². The molecule has 1 aromatic carbocycles. The molecular weight excluding hydrogens is 358 g/mol. The average molecular weight is 383 g/mol. The molecule has 2 aliphatic rings. The lowest BCUT2D eigenvalue weighted by Gasteiger charge is -2.34. The summed E-state index contributed by atoms with van der Waals surface area (Å²) in [6, 6.07) is 9.41. The van der Waals surface area contributed by atoms with Crippen LogP contribution in [0.2, 0.25) is 0 Å². The number of nitrogens with one attached hydrogen (secondary N) is 1. The molecule has 3 heterocycles. The van der Waals surface area contributed by atoms with E-state index in [9.17, 15) is 14.7 Å². The first-order chi connectivity index (χ1) is 13.7. The molecule has 1 saturated heterocycles. The number of carbonyl (C=O) groups excluding carboxylic acids is 2. The molecule has 8 heteroatoms. The Hall–Kier alpha value is -2.71. The molecular formula is C20H25N5O3. The van der Waals surface area contributed by atoms with Gasteiger partial charge in [0.25, 0.3) is 0 Å². The SMILES string of the molecule is O=C1CN(C(=O)CN2CCC(c3ccnn3CCO)CC2)c2ccccc2N1. The summed E-state index contributed by atoms with van der Waals surface area (Å²) in [5, 5.41) is 16.3. The standard InChI is InChI=1S/C20H25N5O3/c26-12-11-25-17(5-8-21-25)15-6-9-23(10-7-15)14-20(28)24-13-19(27)22-16-3-1-2-4-18(16)24/h1-5,8,15,26H,6-7,9-14H2,(H,22,27). The summed E-state index contributed by atoms with van der Waals surface area (Å²) in [5.74, 6) is 0.177. The molecule has 4 rings (SSSR count). The second-order valence-electron chi connectivity index (χ2n) is 7.30. The van der Waals surface area contributed by atoms with E-state index in [4.69, 9.17) is 0 Å². The van der Waals surface area contributed by atoms with E-state index >= 15 is 0 Å². The molecule has 0 radical (unpaired) electrons. The summed E-state index contributed by atoms with van der Waals surface area (Å²) in [4.78, 5) is 28.6. The zero-order valence-corrected chi connectivity index (χ0v) is 15.8. The zero-order chi connectivity index (χ0) is 19.5. The molecule has 28 heavy (non-hydrogen) atoms. The van der Waals surface area contributed by atoms with Crippen molar-refractivity contribution in [3.8, 4) is 0 Å². The van der Waals surface area contributed by atoms with Gasteiger partial charge in [-0.15, -0.1) is 0 Å². The number of likely N-dealkylation sites (tertiary alicyclic amines) is 1. The second-order valence-corrected chi connectivity index (χ2v) is 7.30. The first-order valence-corrected chi connectivity index (χ1v) is 9.70. The van der Waals surface area contributed by atoms with Crippen molar-refractivity contribution < 1.29 is 14.7 Å². The van der Waals surface area contributed by atoms with Crippen LogP contribution in [-0.4, -0.2) is 64.4 Å². The molecule has 1 aromatic heterocycles. The van der Waals surface area contributed by atoms with E-state index in [1.807, 2.05) is 35.0 Å². The highest BCUT2D eigenvalue weighted by Crippen LogP contribution is 2.30. The Kier molecular flexibility index (Phi) is 5.40. The maximum Gasteiger partial charge on any atom is 0.244 e. The topological polar surface area (TPSA) is 90.7 Å². The number of hydrogen-bond donors (Lipinski definition) is 2. The minimum absolute atomic E-state index is 0.0499. The van der Waals surface area contributed by atoms with Crippen LogP contribution >= 0.6 is 0 Å². The van der Waals surface area contributed by atoms with Gasteiger partial charge in [-0.1, -0.05) is 12.1 Å². The zero-order valence-electron chi connectivity index (χ0n) is 15.8. The molecule has 0 spiro atoms. The van der Waals surface area contributed by atoms with Gasteiger partial charge in [0.15, 0.2) is 0 Å². The van der Waals surface area contributed by atoms with E-state index in [1.165, 1.54) is 0 Å². The second kappa shape index (κ2) is 8.12. The fourth-order valence-electron chi connectivity index (χ4n) is 4.09. The van der Waals surface area contributed by atoms with Gasteiger partial charge in [-0.3, -0.25) is 24.1 Å². The predicted octanol–water partition coefficient (Wildman–Crippen LogP) is 1.04. The third kappa shape index (κ3) is 3.79. The Bertz CT molecular complexity index is 857. The van der Waals surface area contributed by atoms with Crippen LogP contribution in [0, 0.1) is 0 Å². The van der Waals surface area contributed by atoms with Crippen molar-refractivity contribution in [2.24, 2.45) is 0 Å². The lowest BCUT2D eigenvalue weighted by atomic mass is 9.93. The molecule has 0 bridgehead atoms. The largest absolute Gasteiger partial charge is 0.394 e. The van der Waals surface area contributed by atoms with Crippen LogP contribution in [0.1, 0.15) is 24.5 Å². The van der Waals surface area contributed by atoms with Crippen molar-refractivity contribution >= 4 is 23.2 Å². The molecule has 0 unspecified atom stereocenters. The van der Waals surface area contributed by atoms with E-state index in [2.05, 4.69) is 15.3 Å². The smallest absolute Gasteiger partial charge is 0.244 e. The summed E-state index contributed by atoms with van der Waals surface area (Å²) in [6.45, 7) is 2.60. The number of aliphatic hydroxyl groups excluding tert-OH is 1. The summed E-state index contributed by atoms with van der Waals surface area (Å²) in [5.41, 5.74) is 2.60. The summed E-state index contributed by atoms with van der Waals surface area (Å²) < 4.78 is 1.87. The molecule has 0 aliphatic carbocycles. The third-order valence-electron chi connectivity index (χ3n) is 5.50. The lowest BCUT2D eigenvalue weighted by molar-refractivity contribution is -0.122. The highest BCUT2D eigenvalue weighted by molar-refractivity contribution is 6.10. The van der Waals surface area contributed by atoms with Gasteiger partial charge in [0.2, 0.25) is 11.8 Å². The number of carbonyl (C=O) groups is 2. The first-order valence-electron chi connectivity index (χ1n) is 9.70. The fourth-order valence-corrected chi connectivity index (χ4v) is 4.09. The van der Waals surface area contributed by atoms with Gasteiger partial charge in [-0.2, -0.15) is 5.10 Å². The number of anilines is 2. The van der Waals surface area contributed by atoms with Crippen molar-refractivity contribution in [1.29, 1.82) is 0 Å². The van der Waals surface area contributed by atoms with Crippen molar-refractivity contribution in [3.05, 3.63) is 42.2 Å². The molecule has 2 aromatic rings. The Morgan fingerprint density at radius 1 is 1.21 bits per heavy atom. The van der Waals surface area contributed by atoms with Gasteiger partial charge in [-0.05, 0) is 44.1 Å². The number of hydrogen-bond acceptors (Lipinski definition) is 5. The average Bonchev–Trinajstić information content (AvgIpc) is 3.16. The van der Waals surface area contributed by atoms with Crippen LogP contribution in [0.15, 0.2) is 36.5 Å². The van der Waals surface area contributed by atoms with Gasteiger partial charge >= 0.3 is 0 Å². The molecule has 148 valence electrons. The maximum absolute atomic E-state index is 12.9. The van der Waals surface area contributed by atoms with Crippen molar-refractivity contribution in [1.82, 2.24) is 14.7 Å². The monoisotopic (exact) mass is 383 g/mol. The van der Waals surface area contributed by atoms with Crippen LogP contribution in [0.25, 0.3) is 0 Å². The Morgan fingerprint density at radius 3 is 2.79 bits per heavy atom. The minimum Gasteiger partial charge on any atom is -0.394 e. The van der Waals surface area contributed by atoms with Gasteiger partial charge in [-0.25, -0.2) is 0 Å². The van der Waals surface area contributed by atoms with Crippen molar-refractivity contribution in [2.45, 2.75) is 25.3 Å². The van der Waals surface area contributed by atoms with Crippen LogP contribution in [0.5, 0.6) is 0 Å². The number of aliphatic hydroxyl groups is 1. The van der Waals surface area contributed by atoms with Crippen LogP contribution in [0.4, 0.5) is 11.4 Å². The molecule has 0 saturated carbocycles. The number of benzene rings is 1. The van der Waals surface area contributed by atoms with Crippen molar-refractivity contribution in [3.63, 3.8) is 0 Å². The van der Waals surface area contributed by atoms with Gasteiger partial charge in [0.1, 0.15) is 6.54 Å². The predicted molar refractivity (Wildman–Crippen MR) is 105 cm³/mol. The summed E-state index contributed by atoms with van der Waals surface area (Å²) in [6.07, 6.45) is 3.67. The van der Waals surface area contributed by atoms with E-state index in [-0.39, 0.29) is 25.0 Å². The number of piperidine rings is 1. The molecule has 0 atom stereocenters. The molecule has 2 aliphatic heterocycles. The van der Waals surface area contributed by atoms with Gasteiger partial charge in [0.05, 0.1) is 31.1 Å². The fraction of sp³-hybridized carbons (Fsp3) is 0.450. The van der Waals surface area contributed by atoms with Gasteiger partial charge in [0, 0.05) is 17.8 Å². The minimum atomic E-state index is -0.164. The molecule has 2 N–H and O–H groups in total. The summed E-state index contributed by atoms with van der Waals surface area (Å²) in [7, 11) is 0. The molecule has 8 nitrogen and oxygen atoms in total. The Labute approximate surface area is 163 Å². The normalized spacial score (nSPS) is 18.0. The highest BCUT2D eigenvalue weighted by atomic mass is 16.3. The van der Waals surface area contributed by atoms with E-state index in [0.717, 1.165) is 37.3 Å². The Balaban J connectivity index is 1.37. The Morgan fingerprint density at radius 2 is 2.00 bits per heavy atom. The number of amides is 2. The quantitative estimate of drug-likeness (QED) is 0.805. The number of aromatic nitrogens is 2. The lowest BCUT2D eigenvalue weighted by Crippen LogP contribution is -2.48. The number of para-hydroxylation sites is 2. The number of fused-ring (bicyclic) bond motifs is 1. The van der Waals surface area contributed by atoms with Crippen LogP contribution < -0.4 is 10.2 Å². The first kappa shape index (κ1) is 18.6. The van der Waals surface area contributed by atoms with Crippen LogP contribution in [-0.2, 0) is 16.1 Å². The highest BCUT2D eigenvalue weighted by Gasteiger charge is 2.29. The van der Waals surface area contributed by atoms with Gasteiger partial charge < -0.3 is 10.4 Å². The molecule has 2 amide bonds. The van der Waals surface area contributed by atoms with Crippen LogP contribution in [0.3, 0.4) is 0 Å². The summed E-state index contributed by atoms with van der Waals surface area (Å²) >= 11 is 0. The number of nitrogens with zero attached hydrogens (tertiary/aromatic N) is 4. The number of rotatable bonds is 5. The molecule has 1 fully saturated rings. The van der Waals surface area contributed by atoms with E-state index < -0.39 is 0 Å². The van der Waals surface area contributed by atoms with Crippen molar-refractivity contribution in [2.75, 3.05) is 43.0 Å².